The second-order valence-electron chi connectivity index (χ2n) is 7.34. The van der Waals surface area contributed by atoms with Crippen molar-refractivity contribution < 1.29 is 35.1 Å². The molecular formula is C20H16BrF8IN5-. The largest absolute Gasteiger partial charge is 0.416 e. The van der Waals surface area contributed by atoms with Gasteiger partial charge in [0.25, 0.3) is 0 Å². The summed E-state index contributed by atoms with van der Waals surface area (Å²) >= 11 is 1.52. The van der Waals surface area contributed by atoms with Gasteiger partial charge in [-0.3, -0.25) is 10.2 Å². The molecule has 15 heteroatoms. The van der Waals surface area contributed by atoms with Crippen molar-refractivity contribution in [3.63, 3.8) is 0 Å². The molecule has 0 aromatic heterocycles. The molecule has 1 aliphatic heterocycles. The minimum absolute atomic E-state index is 0.0324. The zero-order chi connectivity index (χ0) is 26.2. The first kappa shape index (κ1) is 27.6. The smallest absolute Gasteiger partial charge is 0.415 e. The lowest BCUT2D eigenvalue weighted by Crippen LogP contribution is -2.30. The van der Waals surface area contributed by atoms with Gasteiger partial charge in [0.15, 0.2) is 0 Å². The van der Waals surface area contributed by atoms with Crippen LogP contribution in [0.2, 0.25) is 0 Å². The first-order valence-corrected chi connectivity index (χ1v) is 12.9. The minimum atomic E-state index is -5.02. The van der Waals surface area contributed by atoms with Crippen molar-refractivity contribution in [1.82, 2.24) is 15.6 Å². The van der Waals surface area contributed by atoms with Crippen LogP contribution in [0, 0.1) is 0 Å². The average molecular weight is 685 g/mol. The fraction of sp³-hybridized carbons (Fsp3) is 0.300. The molecule has 192 valence electrons. The molecule has 2 aromatic carbocycles. The topological polar surface area (TPSA) is 45.0 Å². The van der Waals surface area contributed by atoms with Gasteiger partial charge < -0.3 is 10.3 Å². The number of hydrogen-bond acceptors (Lipinski definition) is 4. The molecule has 0 unspecified atom stereocenters. The van der Waals surface area contributed by atoms with Gasteiger partial charge in [-0.05, 0) is 68.7 Å². The lowest BCUT2D eigenvalue weighted by Gasteiger charge is -2.32. The number of hydrazine groups is 1. The van der Waals surface area contributed by atoms with Crippen LogP contribution >= 0.6 is 36.7 Å². The zero-order valence-corrected chi connectivity index (χ0v) is 21.4. The van der Waals surface area contributed by atoms with Crippen LogP contribution in [0.4, 0.5) is 35.1 Å². The van der Waals surface area contributed by atoms with E-state index < -0.39 is 54.7 Å². The molecule has 0 spiro atoms. The molecular weight excluding hydrogens is 669 g/mol. The van der Waals surface area contributed by atoms with Gasteiger partial charge in [-0.15, -0.1) is 0 Å². The quantitative estimate of drug-likeness (QED) is 0.204. The standard InChI is InChI=1S/C20H16BrF8IN5/c1-30-20(28,29)13-3-4-16(21)12(7-13)10-35(17-31-33-34(2)32-17)9-11-5-14(18(22,23)24)8-15(6-11)19(25,26)27/h3-8,33H,1,9-10H2,2H3/q-1. The maximum Gasteiger partial charge on any atom is 0.416 e. The molecule has 1 N–H and O–H groups in total. The van der Waals surface area contributed by atoms with Crippen LogP contribution in [-0.2, 0) is 29.4 Å². The molecule has 35 heavy (non-hydrogen) atoms. The number of rotatable bonds is 6. The zero-order valence-electron chi connectivity index (χ0n) is 17.7. The summed E-state index contributed by atoms with van der Waals surface area (Å²) in [5.74, 6) is -0.0629. The monoisotopic (exact) mass is 684 g/mol. The number of nitrogens with zero attached hydrogens (tertiary/aromatic N) is 4. The molecule has 0 aliphatic carbocycles. The Morgan fingerprint density at radius 1 is 0.971 bits per heavy atom. The molecule has 0 radical (unpaired) electrons. The van der Waals surface area contributed by atoms with Crippen LogP contribution in [0.3, 0.4) is 0 Å². The summed E-state index contributed by atoms with van der Waals surface area (Å²) in [4.78, 5) is 1.27. The third-order valence-corrected chi connectivity index (χ3v) is 7.09. The Labute approximate surface area is 213 Å². The fourth-order valence-electron chi connectivity index (χ4n) is 3.11. The summed E-state index contributed by atoms with van der Waals surface area (Å²) in [5.41, 5.74) is 3.13. The second-order valence-corrected chi connectivity index (χ2v) is 10.3. The Morgan fingerprint density at radius 3 is 2.06 bits per heavy atom. The van der Waals surface area contributed by atoms with E-state index in [2.05, 4.69) is 36.5 Å². The first-order chi connectivity index (χ1) is 16.1. The molecule has 1 aliphatic rings. The van der Waals surface area contributed by atoms with Gasteiger partial charge in [-0.2, -0.15) is 40.7 Å². The number of halogens is 10. The van der Waals surface area contributed by atoms with E-state index in [0.717, 1.165) is 0 Å². The van der Waals surface area contributed by atoms with E-state index in [1.165, 1.54) is 35.3 Å². The maximum absolute atomic E-state index is 14.2. The van der Waals surface area contributed by atoms with Gasteiger partial charge in [-0.25, -0.2) is 0 Å². The summed E-state index contributed by atoms with van der Waals surface area (Å²) < 4.78 is 109. The van der Waals surface area contributed by atoms with Gasteiger partial charge in [0.1, 0.15) is 0 Å². The number of alkyl halides is 9. The van der Waals surface area contributed by atoms with Gasteiger partial charge >= 0.3 is 16.3 Å². The fourth-order valence-corrected chi connectivity index (χ4v) is 4.26. The van der Waals surface area contributed by atoms with Crippen molar-refractivity contribution in [3.8, 4) is 0 Å². The maximum atomic E-state index is 14.2. The van der Waals surface area contributed by atoms with Crippen LogP contribution < -0.4 is 5.53 Å². The summed E-state index contributed by atoms with van der Waals surface area (Å²) in [7, 11) is 1.47. The highest BCUT2D eigenvalue weighted by atomic mass is 127. The van der Waals surface area contributed by atoms with Crippen molar-refractivity contribution in [3.05, 3.63) is 74.1 Å². The third-order valence-electron chi connectivity index (χ3n) is 4.74. The summed E-state index contributed by atoms with van der Waals surface area (Å²) in [6, 6.07) is 5.05. The molecule has 1 heterocycles. The van der Waals surface area contributed by atoms with Gasteiger partial charge in [-0.1, -0.05) is 26.5 Å². The van der Waals surface area contributed by atoms with Crippen LogP contribution in [0.5, 0.6) is 0 Å². The molecule has 0 amide bonds. The Hall–Kier alpha value is -2.01. The molecule has 3 rings (SSSR count). The average Bonchev–Trinajstić information content (AvgIpc) is 3.19. The Morgan fingerprint density at radius 2 is 1.57 bits per heavy atom. The van der Waals surface area contributed by atoms with E-state index in [-0.39, 0.29) is 29.7 Å². The third kappa shape index (κ3) is 6.81. The van der Waals surface area contributed by atoms with Crippen LogP contribution in [0.1, 0.15) is 27.8 Å². The van der Waals surface area contributed by atoms with E-state index in [0.29, 0.717) is 22.2 Å². The summed E-state index contributed by atoms with van der Waals surface area (Å²) in [5, 5.41) is 5.20. The molecule has 5 nitrogen and oxygen atoms in total. The highest BCUT2D eigenvalue weighted by Gasteiger charge is 2.37. The Bertz CT molecular complexity index is 1100. The molecule has 0 fully saturated rings. The van der Waals surface area contributed by atoms with Gasteiger partial charge in [0.2, 0.25) is 0 Å². The van der Waals surface area contributed by atoms with Crippen molar-refractivity contribution in [1.29, 1.82) is 0 Å². The van der Waals surface area contributed by atoms with Gasteiger partial charge in [0, 0.05) is 29.6 Å². The Kier molecular flexibility index (Phi) is 8.00. The normalized spacial score (nSPS) is 14.7. The molecule has 0 bridgehead atoms. The summed E-state index contributed by atoms with van der Waals surface area (Å²) in [6.45, 7) is -0.671. The summed E-state index contributed by atoms with van der Waals surface area (Å²) in [6.07, 6.45) is -10.0. The van der Waals surface area contributed by atoms with Crippen LogP contribution in [0.25, 0.3) is 5.43 Å². The first-order valence-electron chi connectivity index (χ1n) is 9.48. The van der Waals surface area contributed by atoms with E-state index >= 15 is 0 Å². The van der Waals surface area contributed by atoms with E-state index in [4.69, 9.17) is 0 Å². The van der Waals surface area contributed by atoms with E-state index in [1.807, 2.05) is 0 Å². The molecule has 2 aromatic rings. The number of benzene rings is 2. The second kappa shape index (κ2) is 10.2. The number of nitrogens with one attached hydrogen (secondary N) is 1. The predicted molar refractivity (Wildman–Crippen MR) is 127 cm³/mol. The van der Waals surface area contributed by atoms with Crippen molar-refractivity contribution in [2.24, 2.45) is 5.10 Å². The van der Waals surface area contributed by atoms with Crippen molar-refractivity contribution >= 4 is 47.1 Å². The Balaban J connectivity index is 2.04. The molecule has 0 saturated carbocycles. The van der Waals surface area contributed by atoms with Gasteiger partial charge in [0.05, 0.1) is 11.1 Å². The SMILES string of the molecule is C=IC(F)(F)c1ccc(Br)c(CN(Cc2cc(C(F)(F)F)cc(C(F)(F)F)c2)C2=NN(C)N[N-]2)c1. The van der Waals surface area contributed by atoms with Crippen molar-refractivity contribution in [2.45, 2.75) is 29.4 Å². The van der Waals surface area contributed by atoms with Crippen LogP contribution in [-0.4, -0.2) is 27.5 Å². The highest BCUT2D eigenvalue weighted by Crippen LogP contribution is 2.40. The van der Waals surface area contributed by atoms with E-state index in [9.17, 15) is 35.1 Å². The number of hydrogen-bond donors (Lipinski definition) is 1. The van der Waals surface area contributed by atoms with Crippen LogP contribution in [0.15, 0.2) is 46.0 Å². The highest BCUT2D eigenvalue weighted by molar-refractivity contribution is 14.2. The number of guanidine groups is 1. The lowest BCUT2D eigenvalue weighted by atomic mass is 10.0. The molecule has 0 saturated heterocycles. The minimum Gasteiger partial charge on any atom is -0.415 e. The number of hydrazone groups is 1. The lowest BCUT2D eigenvalue weighted by molar-refractivity contribution is -0.143. The van der Waals surface area contributed by atoms with Crippen molar-refractivity contribution in [2.75, 3.05) is 7.05 Å². The predicted octanol–water partition coefficient (Wildman–Crippen LogP) is 6.95. The van der Waals surface area contributed by atoms with E-state index in [1.54, 1.807) is 0 Å². The molecule has 0 atom stereocenters.